The molecule has 5 nitrogen and oxygen atoms in total. The molecule has 126 valence electrons. The van der Waals surface area contributed by atoms with E-state index in [9.17, 15) is 4.79 Å². The highest BCUT2D eigenvalue weighted by molar-refractivity contribution is 5.97. The minimum Gasteiger partial charge on any atom is -0.375 e. The Morgan fingerprint density at radius 3 is 2.88 bits per heavy atom. The summed E-state index contributed by atoms with van der Waals surface area (Å²) in [7, 11) is 0. The van der Waals surface area contributed by atoms with Gasteiger partial charge >= 0.3 is 0 Å². The Kier molecular flexibility index (Phi) is 5.43. The molecule has 1 fully saturated rings. The summed E-state index contributed by atoms with van der Waals surface area (Å²) in [6.07, 6.45) is 4.97. The zero-order chi connectivity index (χ0) is 16.8. The molecule has 2 heterocycles. The molecule has 5 heteroatoms. The van der Waals surface area contributed by atoms with E-state index in [1.165, 1.54) is 5.56 Å². The highest BCUT2D eigenvalue weighted by atomic mass is 16.5. The summed E-state index contributed by atoms with van der Waals surface area (Å²) in [6, 6.07) is 13.9. The zero-order valence-electron chi connectivity index (χ0n) is 13.7. The standard InChI is InChI=1S/C19H23N3O2/c20-18(23)17-10-5-11-21-19(17)22-12-13-24-16(14-22)9-4-8-15-6-2-1-3-7-15/h1-3,5-7,10-11,16H,4,8-9,12-14H2,(H2,20,23)/t16-/m1/s1. The van der Waals surface area contributed by atoms with Gasteiger partial charge in [-0.1, -0.05) is 30.3 Å². The Bertz CT molecular complexity index is 675. The van der Waals surface area contributed by atoms with Crippen LogP contribution in [0.15, 0.2) is 48.7 Å². The van der Waals surface area contributed by atoms with E-state index in [-0.39, 0.29) is 6.10 Å². The number of primary amides is 1. The van der Waals surface area contributed by atoms with Crippen LogP contribution in [0.5, 0.6) is 0 Å². The third-order valence-electron chi connectivity index (χ3n) is 4.32. The Labute approximate surface area is 142 Å². The van der Waals surface area contributed by atoms with Gasteiger partial charge < -0.3 is 15.4 Å². The molecule has 1 aromatic heterocycles. The first-order chi connectivity index (χ1) is 11.7. The number of ether oxygens (including phenoxy) is 1. The first kappa shape index (κ1) is 16.5. The Morgan fingerprint density at radius 1 is 1.25 bits per heavy atom. The number of amides is 1. The van der Waals surface area contributed by atoms with Crippen molar-refractivity contribution in [3.63, 3.8) is 0 Å². The number of carbonyl (C=O) groups is 1. The number of aromatic nitrogens is 1. The molecule has 1 atom stereocenters. The molecule has 2 aromatic rings. The smallest absolute Gasteiger partial charge is 0.252 e. The second-order valence-corrected chi connectivity index (χ2v) is 6.06. The summed E-state index contributed by atoms with van der Waals surface area (Å²) in [4.78, 5) is 18.1. The Morgan fingerprint density at radius 2 is 2.08 bits per heavy atom. The first-order valence-electron chi connectivity index (χ1n) is 8.39. The van der Waals surface area contributed by atoms with Gasteiger partial charge in [0.15, 0.2) is 0 Å². The van der Waals surface area contributed by atoms with Crippen LogP contribution in [0, 0.1) is 0 Å². The average Bonchev–Trinajstić information content (AvgIpc) is 2.63. The van der Waals surface area contributed by atoms with Crippen LogP contribution >= 0.6 is 0 Å². The van der Waals surface area contributed by atoms with Crippen LogP contribution < -0.4 is 10.6 Å². The third kappa shape index (κ3) is 4.11. The van der Waals surface area contributed by atoms with E-state index in [0.29, 0.717) is 18.0 Å². The van der Waals surface area contributed by atoms with Crippen LogP contribution in [-0.2, 0) is 11.2 Å². The van der Waals surface area contributed by atoms with E-state index in [4.69, 9.17) is 10.5 Å². The Hall–Kier alpha value is -2.40. The summed E-state index contributed by atoms with van der Waals surface area (Å²) < 4.78 is 5.88. The quantitative estimate of drug-likeness (QED) is 0.885. The summed E-state index contributed by atoms with van der Waals surface area (Å²) in [5.74, 6) is 0.228. The number of carbonyl (C=O) groups excluding carboxylic acids is 1. The monoisotopic (exact) mass is 325 g/mol. The first-order valence-corrected chi connectivity index (χ1v) is 8.39. The van der Waals surface area contributed by atoms with Crippen molar-refractivity contribution in [1.29, 1.82) is 0 Å². The van der Waals surface area contributed by atoms with Gasteiger partial charge in [-0.05, 0) is 37.0 Å². The Balaban J connectivity index is 1.58. The molecule has 0 spiro atoms. The summed E-state index contributed by atoms with van der Waals surface area (Å²) >= 11 is 0. The number of anilines is 1. The van der Waals surface area contributed by atoms with Gasteiger partial charge in [-0.15, -0.1) is 0 Å². The number of hydrogen-bond donors (Lipinski definition) is 1. The fraction of sp³-hybridized carbons (Fsp3) is 0.368. The molecular weight excluding hydrogens is 302 g/mol. The number of nitrogens with two attached hydrogens (primary N) is 1. The number of rotatable bonds is 6. The zero-order valence-corrected chi connectivity index (χ0v) is 13.7. The SMILES string of the molecule is NC(=O)c1cccnc1N1CCO[C@H](CCCc2ccccc2)C1. The fourth-order valence-electron chi connectivity index (χ4n) is 3.11. The number of morpholine rings is 1. The second kappa shape index (κ2) is 7.93. The van der Waals surface area contributed by atoms with Crippen LogP contribution in [-0.4, -0.2) is 36.7 Å². The van der Waals surface area contributed by atoms with Crippen molar-refractivity contribution < 1.29 is 9.53 Å². The summed E-state index contributed by atoms with van der Waals surface area (Å²) in [5.41, 5.74) is 7.29. The van der Waals surface area contributed by atoms with Crippen molar-refractivity contribution in [1.82, 2.24) is 4.98 Å². The molecule has 2 N–H and O–H groups in total. The predicted octanol–water partition coefficient (Wildman–Crippen LogP) is 2.41. The maximum atomic E-state index is 11.6. The highest BCUT2D eigenvalue weighted by Crippen LogP contribution is 2.21. The number of pyridine rings is 1. The van der Waals surface area contributed by atoms with Gasteiger partial charge in [-0.3, -0.25) is 4.79 Å². The normalized spacial score (nSPS) is 17.7. The minimum atomic E-state index is -0.440. The van der Waals surface area contributed by atoms with Crippen LogP contribution in [0.25, 0.3) is 0 Å². The molecule has 1 aliphatic heterocycles. The van der Waals surface area contributed by atoms with Gasteiger partial charge in [0.1, 0.15) is 5.82 Å². The van der Waals surface area contributed by atoms with Crippen molar-refractivity contribution >= 4 is 11.7 Å². The second-order valence-electron chi connectivity index (χ2n) is 6.06. The third-order valence-corrected chi connectivity index (χ3v) is 4.32. The molecule has 0 unspecified atom stereocenters. The average molecular weight is 325 g/mol. The maximum absolute atomic E-state index is 11.6. The van der Waals surface area contributed by atoms with E-state index in [1.54, 1.807) is 18.3 Å². The molecule has 24 heavy (non-hydrogen) atoms. The predicted molar refractivity (Wildman–Crippen MR) is 94.1 cm³/mol. The molecule has 3 rings (SSSR count). The van der Waals surface area contributed by atoms with Crippen LogP contribution in [0.1, 0.15) is 28.8 Å². The number of hydrogen-bond acceptors (Lipinski definition) is 4. The molecule has 0 bridgehead atoms. The summed E-state index contributed by atoms with van der Waals surface area (Å²) in [6.45, 7) is 2.11. The molecule has 0 radical (unpaired) electrons. The van der Waals surface area contributed by atoms with E-state index in [1.807, 2.05) is 6.07 Å². The fourth-order valence-corrected chi connectivity index (χ4v) is 3.11. The largest absolute Gasteiger partial charge is 0.375 e. The molecule has 1 aromatic carbocycles. The van der Waals surface area contributed by atoms with Crippen molar-refractivity contribution in [3.05, 3.63) is 59.8 Å². The number of aryl methyl sites for hydroxylation is 1. The molecule has 1 saturated heterocycles. The lowest BCUT2D eigenvalue weighted by Gasteiger charge is -2.34. The van der Waals surface area contributed by atoms with Crippen molar-refractivity contribution in [3.8, 4) is 0 Å². The van der Waals surface area contributed by atoms with E-state index in [2.05, 4.69) is 34.1 Å². The van der Waals surface area contributed by atoms with Gasteiger partial charge in [0.25, 0.3) is 5.91 Å². The lowest BCUT2D eigenvalue weighted by Crippen LogP contribution is -2.43. The topological polar surface area (TPSA) is 68.5 Å². The number of nitrogens with zero attached hydrogens (tertiary/aromatic N) is 2. The van der Waals surface area contributed by atoms with Gasteiger partial charge in [0.2, 0.25) is 0 Å². The van der Waals surface area contributed by atoms with Gasteiger partial charge in [0, 0.05) is 19.3 Å². The lowest BCUT2D eigenvalue weighted by atomic mass is 10.0. The van der Waals surface area contributed by atoms with Crippen molar-refractivity contribution in [2.24, 2.45) is 5.73 Å². The van der Waals surface area contributed by atoms with Gasteiger partial charge in [-0.2, -0.15) is 0 Å². The van der Waals surface area contributed by atoms with Gasteiger partial charge in [-0.25, -0.2) is 4.98 Å². The maximum Gasteiger partial charge on any atom is 0.252 e. The van der Waals surface area contributed by atoms with Gasteiger partial charge in [0.05, 0.1) is 18.3 Å². The van der Waals surface area contributed by atoms with Crippen molar-refractivity contribution in [2.75, 3.05) is 24.6 Å². The van der Waals surface area contributed by atoms with Crippen LogP contribution in [0.2, 0.25) is 0 Å². The van der Waals surface area contributed by atoms with E-state index < -0.39 is 5.91 Å². The number of benzene rings is 1. The molecule has 0 saturated carbocycles. The molecular formula is C19H23N3O2. The van der Waals surface area contributed by atoms with Crippen molar-refractivity contribution in [2.45, 2.75) is 25.4 Å². The minimum absolute atomic E-state index is 0.158. The van der Waals surface area contributed by atoms with Crippen LogP contribution in [0.4, 0.5) is 5.82 Å². The highest BCUT2D eigenvalue weighted by Gasteiger charge is 2.24. The molecule has 0 aliphatic carbocycles. The molecule has 1 amide bonds. The molecule has 1 aliphatic rings. The van der Waals surface area contributed by atoms with E-state index >= 15 is 0 Å². The lowest BCUT2D eigenvalue weighted by molar-refractivity contribution is 0.0337. The summed E-state index contributed by atoms with van der Waals surface area (Å²) in [5, 5.41) is 0. The van der Waals surface area contributed by atoms with E-state index in [0.717, 1.165) is 32.4 Å². The van der Waals surface area contributed by atoms with Crippen LogP contribution in [0.3, 0.4) is 0 Å².